The molecule has 2 atom stereocenters. The second kappa shape index (κ2) is 4.56. The third-order valence-corrected chi connectivity index (χ3v) is 3.80. The summed E-state index contributed by atoms with van der Waals surface area (Å²) in [6.07, 6.45) is 2.36. The molecule has 1 aromatic carbocycles. The summed E-state index contributed by atoms with van der Waals surface area (Å²) >= 11 is 0. The lowest BCUT2D eigenvalue weighted by atomic mass is 9.90. The van der Waals surface area contributed by atoms with E-state index >= 15 is 0 Å². The molecular formula is C14H22N2. The number of likely N-dealkylation sites (N-methyl/N-ethyl adjacent to an activating group) is 1. The molecular weight excluding hydrogens is 196 g/mol. The van der Waals surface area contributed by atoms with Gasteiger partial charge in [-0.1, -0.05) is 18.2 Å². The largest absolute Gasteiger partial charge is 0.326 e. The molecule has 0 saturated carbocycles. The number of benzene rings is 1. The summed E-state index contributed by atoms with van der Waals surface area (Å²) in [6.45, 7) is 5.49. The van der Waals surface area contributed by atoms with E-state index in [1.807, 2.05) is 0 Å². The molecule has 2 heteroatoms. The molecule has 16 heavy (non-hydrogen) atoms. The minimum atomic E-state index is 0.279. The first kappa shape index (κ1) is 11.6. The van der Waals surface area contributed by atoms with Crippen molar-refractivity contribution in [3.63, 3.8) is 0 Å². The molecule has 0 amide bonds. The average Bonchev–Trinajstić information content (AvgIpc) is 2.23. The highest BCUT2D eigenvalue weighted by atomic mass is 15.2. The van der Waals surface area contributed by atoms with Gasteiger partial charge in [-0.05, 0) is 57.0 Å². The fourth-order valence-electron chi connectivity index (χ4n) is 2.65. The van der Waals surface area contributed by atoms with Gasteiger partial charge in [0.2, 0.25) is 0 Å². The Labute approximate surface area is 98.4 Å². The van der Waals surface area contributed by atoms with Gasteiger partial charge in [-0.25, -0.2) is 0 Å². The van der Waals surface area contributed by atoms with Gasteiger partial charge in [-0.15, -0.1) is 0 Å². The Hall–Kier alpha value is -0.860. The SMILES string of the molecule is Cc1ccc(C2C(N)CCCN2C)cc1C. The Kier molecular flexibility index (Phi) is 3.31. The van der Waals surface area contributed by atoms with Crippen LogP contribution in [0.2, 0.25) is 0 Å². The van der Waals surface area contributed by atoms with Crippen molar-refractivity contribution in [2.24, 2.45) is 5.73 Å². The first-order valence-corrected chi connectivity index (χ1v) is 6.12. The van der Waals surface area contributed by atoms with E-state index in [4.69, 9.17) is 5.73 Å². The summed E-state index contributed by atoms with van der Waals surface area (Å²) in [5.74, 6) is 0. The van der Waals surface area contributed by atoms with Gasteiger partial charge in [0, 0.05) is 12.1 Å². The number of likely N-dealkylation sites (tertiary alicyclic amines) is 1. The van der Waals surface area contributed by atoms with Crippen molar-refractivity contribution in [3.05, 3.63) is 34.9 Å². The summed E-state index contributed by atoms with van der Waals surface area (Å²) in [4.78, 5) is 2.39. The van der Waals surface area contributed by atoms with Crippen LogP contribution in [0.1, 0.15) is 35.6 Å². The van der Waals surface area contributed by atoms with Crippen LogP contribution in [0.15, 0.2) is 18.2 Å². The maximum Gasteiger partial charge on any atom is 0.0496 e. The molecule has 2 N–H and O–H groups in total. The summed E-state index contributed by atoms with van der Waals surface area (Å²) in [6, 6.07) is 7.41. The maximum atomic E-state index is 6.25. The molecule has 2 rings (SSSR count). The third kappa shape index (κ3) is 2.13. The van der Waals surface area contributed by atoms with Gasteiger partial charge in [0.15, 0.2) is 0 Å². The van der Waals surface area contributed by atoms with Gasteiger partial charge >= 0.3 is 0 Å². The van der Waals surface area contributed by atoms with Crippen molar-refractivity contribution in [2.75, 3.05) is 13.6 Å². The fourth-order valence-corrected chi connectivity index (χ4v) is 2.65. The minimum absolute atomic E-state index is 0.279. The molecule has 1 aliphatic heterocycles. The first-order chi connectivity index (χ1) is 7.59. The van der Waals surface area contributed by atoms with Gasteiger partial charge in [-0.2, -0.15) is 0 Å². The molecule has 0 aromatic heterocycles. The van der Waals surface area contributed by atoms with Gasteiger partial charge in [-0.3, -0.25) is 4.90 Å². The standard InChI is InChI=1S/C14H22N2/c1-10-6-7-12(9-11(10)2)14-13(15)5-4-8-16(14)3/h6-7,9,13-14H,4-5,8,15H2,1-3H3. The van der Waals surface area contributed by atoms with Gasteiger partial charge in [0.1, 0.15) is 0 Å². The first-order valence-electron chi connectivity index (χ1n) is 6.12. The molecule has 1 saturated heterocycles. The van der Waals surface area contributed by atoms with Gasteiger partial charge < -0.3 is 5.73 Å². The van der Waals surface area contributed by atoms with Crippen molar-refractivity contribution < 1.29 is 0 Å². The Morgan fingerprint density at radius 2 is 2.00 bits per heavy atom. The lowest BCUT2D eigenvalue weighted by Gasteiger charge is -2.37. The summed E-state index contributed by atoms with van der Waals surface area (Å²) < 4.78 is 0. The van der Waals surface area contributed by atoms with Crippen molar-refractivity contribution in [3.8, 4) is 0 Å². The maximum absolute atomic E-state index is 6.25. The molecule has 0 radical (unpaired) electrons. The molecule has 0 aliphatic carbocycles. The zero-order valence-electron chi connectivity index (χ0n) is 10.5. The van der Waals surface area contributed by atoms with E-state index in [0.29, 0.717) is 6.04 Å². The predicted molar refractivity (Wildman–Crippen MR) is 68.5 cm³/mol. The van der Waals surface area contributed by atoms with Crippen molar-refractivity contribution in [2.45, 2.75) is 38.8 Å². The zero-order chi connectivity index (χ0) is 11.7. The van der Waals surface area contributed by atoms with Crippen molar-refractivity contribution >= 4 is 0 Å². The van der Waals surface area contributed by atoms with Crippen LogP contribution in [-0.4, -0.2) is 24.5 Å². The number of rotatable bonds is 1. The molecule has 2 nitrogen and oxygen atoms in total. The third-order valence-electron chi connectivity index (χ3n) is 3.80. The van der Waals surface area contributed by atoms with Crippen LogP contribution in [0, 0.1) is 13.8 Å². The average molecular weight is 218 g/mol. The molecule has 1 aliphatic rings. The summed E-state index contributed by atoms with van der Waals surface area (Å²) in [5, 5.41) is 0. The van der Waals surface area contributed by atoms with E-state index in [1.165, 1.54) is 23.1 Å². The summed E-state index contributed by atoms with van der Waals surface area (Å²) in [7, 11) is 2.18. The van der Waals surface area contributed by atoms with Crippen LogP contribution in [0.25, 0.3) is 0 Å². The normalized spacial score (nSPS) is 27.0. The van der Waals surface area contributed by atoms with E-state index < -0.39 is 0 Å². The summed E-state index contributed by atoms with van der Waals surface area (Å²) in [5.41, 5.74) is 10.3. The smallest absolute Gasteiger partial charge is 0.0496 e. The Morgan fingerprint density at radius 1 is 1.25 bits per heavy atom. The van der Waals surface area contributed by atoms with E-state index in [9.17, 15) is 0 Å². The van der Waals surface area contributed by atoms with E-state index in [2.05, 4.69) is 44.0 Å². The second-order valence-corrected chi connectivity index (χ2v) is 5.08. The minimum Gasteiger partial charge on any atom is -0.326 e. The lowest BCUT2D eigenvalue weighted by molar-refractivity contribution is 0.163. The lowest BCUT2D eigenvalue weighted by Crippen LogP contribution is -2.43. The zero-order valence-corrected chi connectivity index (χ0v) is 10.5. The number of hydrogen-bond acceptors (Lipinski definition) is 2. The fraction of sp³-hybridized carbons (Fsp3) is 0.571. The van der Waals surface area contributed by atoms with E-state index in [-0.39, 0.29) is 6.04 Å². The van der Waals surface area contributed by atoms with Crippen LogP contribution >= 0.6 is 0 Å². The Bertz CT molecular complexity index is 363. The molecule has 88 valence electrons. The number of nitrogens with zero attached hydrogens (tertiary/aromatic N) is 1. The molecule has 1 fully saturated rings. The molecule has 1 aromatic rings. The predicted octanol–water partition coefficient (Wildman–Crippen LogP) is 2.40. The van der Waals surface area contributed by atoms with Gasteiger partial charge in [0.05, 0.1) is 0 Å². The molecule has 0 spiro atoms. The van der Waals surface area contributed by atoms with Crippen LogP contribution in [0.4, 0.5) is 0 Å². The van der Waals surface area contributed by atoms with Gasteiger partial charge in [0.25, 0.3) is 0 Å². The molecule has 2 unspecified atom stereocenters. The Morgan fingerprint density at radius 3 is 2.62 bits per heavy atom. The number of hydrogen-bond donors (Lipinski definition) is 1. The van der Waals surface area contributed by atoms with Crippen LogP contribution in [-0.2, 0) is 0 Å². The monoisotopic (exact) mass is 218 g/mol. The van der Waals surface area contributed by atoms with Crippen molar-refractivity contribution in [1.82, 2.24) is 4.90 Å². The Balaban J connectivity index is 2.30. The van der Waals surface area contributed by atoms with E-state index in [0.717, 1.165) is 13.0 Å². The van der Waals surface area contributed by atoms with Crippen LogP contribution in [0.5, 0.6) is 0 Å². The topological polar surface area (TPSA) is 29.3 Å². The van der Waals surface area contributed by atoms with Crippen LogP contribution in [0.3, 0.4) is 0 Å². The van der Waals surface area contributed by atoms with Crippen molar-refractivity contribution in [1.29, 1.82) is 0 Å². The van der Waals surface area contributed by atoms with Crippen LogP contribution < -0.4 is 5.73 Å². The number of nitrogens with two attached hydrogens (primary N) is 1. The highest BCUT2D eigenvalue weighted by Crippen LogP contribution is 2.29. The molecule has 1 heterocycles. The van der Waals surface area contributed by atoms with E-state index in [1.54, 1.807) is 0 Å². The number of aryl methyl sites for hydroxylation is 2. The number of piperidine rings is 1. The highest BCUT2D eigenvalue weighted by Gasteiger charge is 2.27. The quantitative estimate of drug-likeness (QED) is 0.784. The highest BCUT2D eigenvalue weighted by molar-refractivity contribution is 5.32. The second-order valence-electron chi connectivity index (χ2n) is 5.08. The molecule has 0 bridgehead atoms.